The fraction of sp³-hybridized carbons (Fsp3) is 0.308. The maximum Gasteiger partial charge on any atom is 0.325 e. The van der Waals surface area contributed by atoms with Gasteiger partial charge in [-0.25, -0.2) is 9.18 Å². The van der Waals surface area contributed by atoms with Gasteiger partial charge in [-0.05, 0) is 17.7 Å². The molecule has 4 amide bonds. The van der Waals surface area contributed by atoms with Crippen LogP contribution in [0.3, 0.4) is 0 Å². The second-order valence-electron chi connectivity index (χ2n) is 4.65. The van der Waals surface area contributed by atoms with Gasteiger partial charge in [0.25, 0.3) is 5.91 Å². The molecule has 0 spiro atoms. The summed E-state index contributed by atoms with van der Waals surface area (Å²) in [5.74, 6) is -1.30. The zero-order chi connectivity index (χ0) is 14.9. The summed E-state index contributed by atoms with van der Waals surface area (Å²) in [6.45, 7) is -0.310. The molecule has 1 aromatic carbocycles. The SMILES string of the molecule is CN(C)C(=O)CN1C(=O)N[C@H](c2ccc(F)cc2)C1=O. The van der Waals surface area contributed by atoms with Crippen LogP contribution in [0.2, 0.25) is 0 Å². The average molecular weight is 279 g/mol. The van der Waals surface area contributed by atoms with E-state index in [4.69, 9.17) is 0 Å². The summed E-state index contributed by atoms with van der Waals surface area (Å²) in [6, 6.07) is 3.77. The number of hydrogen-bond donors (Lipinski definition) is 1. The molecule has 0 bridgehead atoms. The molecule has 0 saturated carbocycles. The first-order chi connectivity index (χ1) is 9.40. The van der Waals surface area contributed by atoms with Crippen molar-refractivity contribution in [2.45, 2.75) is 6.04 Å². The third kappa shape index (κ3) is 2.61. The Morgan fingerprint density at radius 2 is 1.90 bits per heavy atom. The Balaban J connectivity index is 2.16. The lowest BCUT2D eigenvalue weighted by molar-refractivity contribution is -0.135. The molecule has 1 atom stereocenters. The molecule has 1 aromatic rings. The van der Waals surface area contributed by atoms with E-state index in [0.717, 1.165) is 4.90 Å². The Kier molecular flexibility index (Phi) is 3.69. The number of nitrogens with zero attached hydrogens (tertiary/aromatic N) is 2. The summed E-state index contributed by atoms with van der Waals surface area (Å²) < 4.78 is 12.9. The topological polar surface area (TPSA) is 69.7 Å². The van der Waals surface area contributed by atoms with Gasteiger partial charge in [-0.3, -0.25) is 14.5 Å². The fourth-order valence-electron chi connectivity index (χ4n) is 1.83. The lowest BCUT2D eigenvalue weighted by atomic mass is 10.1. The minimum Gasteiger partial charge on any atom is -0.347 e. The van der Waals surface area contributed by atoms with Crippen LogP contribution in [0.25, 0.3) is 0 Å². The number of imide groups is 1. The molecule has 0 radical (unpaired) electrons. The highest BCUT2D eigenvalue weighted by molar-refractivity contribution is 6.06. The molecular formula is C13H14FN3O3. The standard InChI is InChI=1S/C13H14FN3O3/c1-16(2)10(18)7-17-12(19)11(15-13(17)20)8-3-5-9(14)6-4-8/h3-6,11H,7H2,1-2H3,(H,15,20)/t11-/m1/s1. The van der Waals surface area contributed by atoms with Crippen LogP contribution < -0.4 is 5.32 Å². The van der Waals surface area contributed by atoms with Gasteiger partial charge in [0.1, 0.15) is 18.4 Å². The van der Waals surface area contributed by atoms with Gasteiger partial charge in [0.15, 0.2) is 0 Å². The second kappa shape index (κ2) is 5.28. The van der Waals surface area contributed by atoms with Gasteiger partial charge in [0, 0.05) is 14.1 Å². The van der Waals surface area contributed by atoms with E-state index in [9.17, 15) is 18.8 Å². The summed E-state index contributed by atoms with van der Waals surface area (Å²) in [5.41, 5.74) is 0.476. The molecule has 1 saturated heterocycles. The van der Waals surface area contributed by atoms with E-state index in [1.54, 1.807) is 0 Å². The second-order valence-corrected chi connectivity index (χ2v) is 4.65. The van der Waals surface area contributed by atoms with Crippen molar-refractivity contribution in [2.24, 2.45) is 0 Å². The first-order valence-electron chi connectivity index (χ1n) is 5.97. The molecule has 1 aliphatic heterocycles. The largest absolute Gasteiger partial charge is 0.347 e. The Hall–Kier alpha value is -2.44. The van der Waals surface area contributed by atoms with Crippen molar-refractivity contribution < 1.29 is 18.8 Å². The molecule has 2 rings (SSSR count). The number of likely N-dealkylation sites (N-methyl/N-ethyl adjacent to an activating group) is 1. The Morgan fingerprint density at radius 1 is 1.30 bits per heavy atom. The molecule has 0 aromatic heterocycles. The number of amides is 4. The highest BCUT2D eigenvalue weighted by atomic mass is 19.1. The molecule has 7 heteroatoms. The lowest BCUT2D eigenvalue weighted by Gasteiger charge is -2.16. The molecule has 6 nitrogen and oxygen atoms in total. The predicted molar refractivity (Wildman–Crippen MR) is 68.1 cm³/mol. The maximum absolute atomic E-state index is 12.9. The number of benzene rings is 1. The van der Waals surface area contributed by atoms with E-state index in [-0.39, 0.29) is 12.5 Å². The Labute approximate surface area is 115 Å². The number of hydrogen-bond acceptors (Lipinski definition) is 3. The molecule has 20 heavy (non-hydrogen) atoms. The Morgan fingerprint density at radius 3 is 2.45 bits per heavy atom. The molecule has 1 fully saturated rings. The van der Waals surface area contributed by atoms with Crippen LogP contribution in [0.15, 0.2) is 24.3 Å². The van der Waals surface area contributed by atoms with Crippen LogP contribution in [0.5, 0.6) is 0 Å². The lowest BCUT2D eigenvalue weighted by Crippen LogP contribution is -2.40. The molecule has 106 valence electrons. The first kappa shape index (κ1) is 14.0. The quantitative estimate of drug-likeness (QED) is 0.819. The van der Waals surface area contributed by atoms with Crippen molar-refractivity contribution >= 4 is 17.8 Å². The number of carbonyl (C=O) groups excluding carboxylic acids is 3. The van der Waals surface area contributed by atoms with Crippen LogP contribution >= 0.6 is 0 Å². The smallest absolute Gasteiger partial charge is 0.325 e. The normalized spacial score (nSPS) is 18.1. The molecule has 0 aliphatic carbocycles. The number of carbonyl (C=O) groups is 3. The molecule has 0 unspecified atom stereocenters. The summed E-state index contributed by atoms with van der Waals surface area (Å²) in [4.78, 5) is 37.6. The van der Waals surface area contributed by atoms with Gasteiger partial charge in [-0.15, -0.1) is 0 Å². The van der Waals surface area contributed by atoms with E-state index < -0.39 is 23.8 Å². The third-order valence-corrected chi connectivity index (χ3v) is 3.02. The number of urea groups is 1. The van der Waals surface area contributed by atoms with Gasteiger partial charge in [0.2, 0.25) is 5.91 Å². The highest BCUT2D eigenvalue weighted by Gasteiger charge is 2.39. The monoisotopic (exact) mass is 279 g/mol. The van der Waals surface area contributed by atoms with Crippen molar-refractivity contribution in [3.8, 4) is 0 Å². The van der Waals surface area contributed by atoms with Crippen LogP contribution in [-0.4, -0.2) is 48.3 Å². The summed E-state index contributed by atoms with van der Waals surface area (Å²) in [7, 11) is 3.08. The first-order valence-corrected chi connectivity index (χ1v) is 5.97. The van der Waals surface area contributed by atoms with Crippen LogP contribution in [0.4, 0.5) is 9.18 Å². The van der Waals surface area contributed by atoms with Gasteiger partial charge in [0.05, 0.1) is 0 Å². The zero-order valence-electron chi connectivity index (χ0n) is 11.1. The minimum absolute atomic E-state index is 0.310. The molecule has 1 heterocycles. The van der Waals surface area contributed by atoms with Crippen molar-refractivity contribution in [1.82, 2.24) is 15.1 Å². The predicted octanol–water partition coefficient (Wildman–Crippen LogP) is 0.507. The summed E-state index contributed by atoms with van der Waals surface area (Å²) >= 11 is 0. The van der Waals surface area contributed by atoms with Crippen LogP contribution in [0.1, 0.15) is 11.6 Å². The van der Waals surface area contributed by atoms with Crippen LogP contribution in [-0.2, 0) is 9.59 Å². The van der Waals surface area contributed by atoms with E-state index in [2.05, 4.69) is 5.32 Å². The van der Waals surface area contributed by atoms with E-state index in [1.165, 1.54) is 43.3 Å². The van der Waals surface area contributed by atoms with Crippen molar-refractivity contribution in [1.29, 1.82) is 0 Å². The molecule has 1 aliphatic rings. The average Bonchev–Trinajstić information content (AvgIpc) is 2.67. The molecule has 1 N–H and O–H groups in total. The van der Waals surface area contributed by atoms with E-state index in [1.807, 2.05) is 0 Å². The highest BCUT2D eigenvalue weighted by Crippen LogP contribution is 2.22. The van der Waals surface area contributed by atoms with Gasteiger partial charge >= 0.3 is 6.03 Å². The van der Waals surface area contributed by atoms with E-state index in [0.29, 0.717) is 5.56 Å². The van der Waals surface area contributed by atoms with Crippen molar-refractivity contribution in [3.63, 3.8) is 0 Å². The van der Waals surface area contributed by atoms with Gasteiger partial charge in [-0.1, -0.05) is 12.1 Å². The fourth-order valence-corrected chi connectivity index (χ4v) is 1.83. The van der Waals surface area contributed by atoms with E-state index >= 15 is 0 Å². The molecular weight excluding hydrogens is 265 g/mol. The minimum atomic E-state index is -0.877. The van der Waals surface area contributed by atoms with Crippen molar-refractivity contribution in [2.75, 3.05) is 20.6 Å². The number of nitrogens with one attached hydrogen (secondary N) is 1. The maximum atomic E-state index is 12.9. The zero-order valence-corrected chi connectivity index (χ0v) is 11.1. The Bertz CT molecular complexity index is 556. The number of rotatable bonds is 3. The van der Waals surface area contributed by atoms with Gasteiger partial charge in [-0.2, -0.15) is 0 Å². The third-order valence-electron chi connectivity index (χ3n) is 3.02. The van der Waals surface area contributed by atoms with Crippen LogP contribution in [0, 0.1) is 5.82 Å². The van der Waals surface area contributed by atoms with Crippen molar-refractivity contribution in [3.05, 3.63) is 35.6 Å². The summed E-state index contributed by atoms with van der Waals surface area (Å²) in [6.07, 6.45) is 0. The summed E-state index contributed by atoms with van der Waals surface area (Å²) in [5, 5.41) is 2.48. The number of halogens is 1. The van der Waals surface area contributed by atoms with Gasteiger partial charge < -0.3 is 10.2 Å².